The van der Waals surface area contributed by atoms with Crippen LogP contribution >= 0.6 is 0 Å². The predicted octanol–water partition coefficient (Wildman–Crippen LogP) is -1.26. The summed E-state index contributed by atoms with van der Waals surface area (Å²) < 4.78 is 24.8. The average Bonchev–Trinajstić information content (AvgIpc) is 2.02. The molecule has 0 aromatic heterocycles. The number of sulfonamides is 1. The second-order valence-electron chi connectivity index (χ2n) is 3.29. The summed E-state index contributed by atoms with van der Waals surface area (Å²) in [5, 5.41) is 11.4. The van der Waals surface area contributed by atoms with Crippen LogP contribution in [0.2, 0.25) is 0 Å². The standard InChI is InChI=1S/C7H14N2O4S/c10-7(11)5-14(12,13)9-6-1-3-8-4-2-6/h6,8-9H,1-5H2,(H,10,11). The molecule has 0 aliphatic carbocycles. The van der Waals surface area contributed by atoms with Crippen LogP contribution in [0.25, 0.3) is 0 Å². The molecule has 1 heterocycles. The van der Waals surface area contributed by atoms with Crippen molar-refractivity contribution in [3.05, 3.63) is 0 Å². The maximum atomic E-state index is 11.2. The third-order valence-electron chi connectivity index (χ3n) is 2.00. The van der Waals surface area contributed by atoms with Gasteiger partial charge in [-0.15, -0.1) is 0 Å². The van der Waals surface area contributed by atoms with Crippen LogP contribution in [0.15, 0.2) is 0 Å². The Hall–Kier alpha value is -0.660. The Morgan fingerprint density at radius 1 is 1.43 bits per heavy atom. The molecule has 0 aromatic rings. The monoisotopic (exact) mass is 222 g/mol. The van der Waals surface area contributed by atoms with Gasteiger partial charge in [-0.2, -0.15) is 0 Å². The summed E-state index contributed by atoms with van der Waals surface area (Å²) in [6, 6.07) is -0.124. The second kappa shape index (κ2) is 4.72. The van der Waals surface area contributed by atoms with Crippen LogP contribution in [-0.2, 0) is 14.8 Å². The largest absolute Gasteiger partial charge is 0.480 e. The van der Waals surface area contributed by atoms with Gasteiger partial charge in [0.2, 0.25) is 10.0 Å². The van der Waals surface area contributed by atoms with Crippen molar-refractivity contribution in [2.75, 3.05) is 18.8 Å². The molecule has 0 radical (unpaired) electrons. The number of aliphatic carboxylic acids is 1. The van der Waals surface area contributed by atoms with E-state index in [0.29, 0.717) is 12.8 Å². The van der Waals surface area contributed by atoms with Gasteiger partial charge in [0.05, 0.1) is 0 Å². The van der Waals surface area contributed by atoms with E-state index in [1.165, 1.54) is 0 Å². The zero-order valence-corrected chi connectivity index (χ0v) is 8.51. The van der Waals surface area contributed by atoms with E-state index in [2.05, 4.69) is 10.0 Å². The number of hydrogen-bond acceptors (Lipinski definition) is 4. The number of carboxylic acids is 1. The third kappa shape index (κ3) is 4.03. The lowest BCUT2D eigenvalue weighted by Gasteiger charge is -2.22. The molecule has 1 fully saturated rings. The van der Waals surface area contributed by atoms with Crippen LogP contribution in [0, 0.1) is 0 Å². The van der Waals surface area contributed by atoms with E-state index in [9.17, 15) is 13.2 Å². The lowest BCUT2D eigenvalue weighted by atomic mass is 10.1. The minimum Gasteiger partial charge on any atom is -0.480 e. The van der Waals surface area contributed by atoms with Crippen molar-refractivity contribution >= 4 is 16.0 Å². The van der Waals surface area contributed by atoms with E-state index in [1.54, 1.807) is 0 Å². The molecular weight excluding hydrogens is 208 g/mol. The van der Waals surface area contributed by atoms with E-state index in [4.69, 9.17) is 5.11 Å². The number of hydrogen-bond donors (Lipinski definition) is 3. The van der Waals surface area contributed by atoms with E-state index in [0.717, 1.165) is 13.1 Å². The summed E-state index contributed by atoms with van der Waals surface area (Å²) in [5.41, 5.74) is 0. The van der Waals surface area contributed by atoms with Crippen LogP contribution in [0.4, 0.5) is 0 Å². The first kappa shape index (κ1) is 11.4. The molecule has 6 nitrogen and oxygen atoms in total. The van der Waals surface area contributed by atoms with Gasteiger partial charge in [0, 0.05) is 6.04 Å². The molecule has 1 aliphatic rings. The van der Waals surface area contributed by atoms with Gasteiger partial charge in [0.15, 0.2) is 5.75 Å². The summed E-state index contributed by atoms with van der Waals surface area (Å²) >= 11 is 0. The van der Waals surface area contributed by atoms with Gasteiger partial charge >= 0.3 is 5.97 Å². The Morgan fingerprint density at radius 3 is 2.50 bits per heavy atom. The fourth-order valence-corrected chi connectivity index (χ4v) is 2.55. The number of piperidine rings is 1. The zero-order chi connectivity index (χ0) is 10.6. The van der Waals surface area contributed by atoms with Gasteiger partial charge in [-0.25, -0.2) is 13.1 Å². The van der Waals surface area contributed by atoms with Crippen molar-refractivity contribution in [3.8, 4) is 0 Å². The molecule has 0 unspecified atom stereocenters. The van der Waals surface area contributed by atoms with Crippen LogP contribution in [0.1, 0.15) is 12.8 Å². The molecule has 7 heteroatoms. The third-order valence-corrected chi connectivity index (χ3v) is 3.32. The van der Waals surface area contributed by atoms with E-state index < -0.39 is 21.7 Å². The molecule has 14 heavy (non-hydrogen) atoms. The molecule has 0 aromatic carbocycles. The first-order valence-electron chi connectivity index (χ1n) is 4.42. The highest BCUT2D eigenvalue weighted by molar-refractivity contribution is 7.90. The molecule has 82 valence electrons. The molecule has 1 rings (SSSR count). The quantitative estimate of drug-likeness (QED) is 0.552. The summed E-state index contributed by atoms with van der Waals surface area (Å²) in [6.45, 7) is 1.53. The lowest BCUT2D eigenvalue weighted by Crippen LogP contribution is -2.44. The minimum atomic E-state index is -3.66. The number of nitrogens with one attached hydrogen (secondary N) is 2. The summed E-state index contributed by atoms with van der Waals surface area (Å²) in [7, 11) is -3.66. The van der Waals surface area contributed by atoms with Crippen LogP contribution in [0.3, 0.4) is 0 Å². The maximum absolute atomic E-state index is 11.2. The summed E-state index contributed by atoms with van der Waals surface area (Å²) in [4.78, 5) is 10.2. The first-order valence-corrected chi connectivity index (χ1v) is 6.07. The minimum absolute atomic E-state index is 0.124. The van der Waals surface area contributed by atoms with Gasteiger partial charge in [0.25, 0.3) is 0 Å². The number of carboxylic acid groups (broad SMARTS) is 1. The van der Waals surface area contributed by atoms with Gasteiger partial charge in [-0.3, -0.25) is 4.79 Å². The van der Waals surface area contributed by atoms with Crippen molar-refractivity contribution < 1.29 is 18.3 Å². The Kier molecular flexibility index (Phi) is 3.85. The lowest BCUT2D eigenvalue weighted by molar-refractivity contribution is -0.134. The van der Waals surface area contributed by atoms with E-state index in [1.807, 2.05) is 0 Å². The van der Waals surface area contributed by atoms with E-state index in [-0.39, 0.29) is 6.04 Å². The van der Waals surface area contributed by atoms with Crippen LogP contribution in [0.5, 0.6) is 0 Å². The molecule has 0 amide bonds. The highest BCUT2D eigenvalue weighted by Gasteiger charge is 2.21. The number of carbonyl (C=O) groups is 1. The Bertz CT molecular complexity index is 295. The smallest absolute Gasteiger partial charge is 0.320 e. The Balaban J connectivity index is 2.45. The van der Waals surface area contributed by atoms with Crippen LogP contribution in [-0.4, -0.2) is 44.4 Å². The molecule has 0 spiro atoms. The molecule has 3 N–H and O–H groups in total. The molecule has 1 saturated heterocycles. The van der Waals surface area contributed by atoms with Gasteiger partial charge in [-0.1, -0.05) is 0 Å². The fourth-order valence-electron chi connectivity index (χ4n) is 1.40. The normalized spacial score (nSPS) is 19.4. The highest BCUT2D eigenvalue weighted by atomic mass is 32.2. The number of rotatable bonds is 4. The Morgan fingerprint density at radius 2 is 2.00 bits per heavy atom. The topological polar surface area (TPSA) is 95.5 Å². The van der Waals surface area contributed by atoms with Crippen molar-refractivity contribution in [2.24, 2.45) is 0 Å². The molecule has 0 bridgehead atoms. The second-order valence-corrected chi connectivity index (χ2v) is 5.05. The van der Waals surface area contributed by atoms with Crippen molar-refractivity contribution in [1.82, 2.24) is 10.0 Å². The van der Waals surface area contributed by atoms with Gasteiger partial charge in [-0.05, 0) is 25.9 Å². The molecule has 0 atom stereocenters. The Labute approximate surface area is 82.7 Å². The van der Waals surface area contributed by atoms with E-state index >= 15 is 0 Å². The van der Waals surface area contributed by atoms with Crippen molar-refractivity contribution in [3.63, 3.8) is 0 Å². The van der Waals surface area contributed by atoms with Gasteiger partial charge in [0.1, 0.15) is 0 Å². The predicted molar refractivity (Wildman–Crippen MR) is 50.5 cm³/mol. The average molecular weight is 222 g/mol. The molecule has 1 aliphatic heterocycles. The van der Waals surface area contributed by atoms with Crippen LogP contribution < -0.4 is 10.0 Å². The summed E-state index contributed by atoms with van der Waals surface area (Å²) in [6.07, 6.45) is 1.41. The molecular formula is C7H14N2O4S. The SMILES string of the molecule is O=C(O)CS(=O)(=O)NC1CCNCC1. The van der Waals surface area contributed by atoms with Crippen molar-refractivity contribution in [1.29, 1.82) is 0 Å². The maximum Gasteiger partial charge on any atom is 0.320 e. The zero-order valence-electron chi connectivity index (χ0n) is 7.69. The van der Waals surface area contributed by atoms with Gasteiger partial charge < -0.3 is 10.4 Å². The fraction of sp³-hybridized carbons (Fsp3) is 0.857. The first-order chi connectivity index (χ1) is 6.49. The van der Waals surface area contributed by atoms with Crippen molar-refractivity contribution in [2.45, 2.75) is 18.9 Å². The molecule has 0 saturated carbocycles. The summed E-state index contributed by atoms with van der Waals surface area (Å²) in [5.74, 6) is -2.18. The highest BCUT2D eigenvalue weighted by Crippen LogP contribution is 2.03.